The highest BCUT2D eigenvalue weighted by molar-refractivity contribution is 5.95. The molecule has 4 heteroatoms. The predicted molar refractivity (Wildman–Crippen MR) is 99.3 cm³/mol. The molecule has 1 aliphatic rings. The van der Waals surface area contributed by atoms with E-state index >= 15 is 0 Å². The minimum atomic E-state index is 0.0371. The van der Waals surface area contributed by atoms with Gasteiger partial charge in [0, 0.05) is 19.6 Å². The van der Waals surface area contributed by atoms with Gasteiger partial charge in [0.2, 0.25) is 0 Å². The van der Waals surface area contributed by atoms with Crippen molar-refractivity contribution in [2.24, 2.45) is 0 Å². The van der Waals surface area contributed by atoms with Crippen LogP contribution in [0.15, 0.2) is 36.4 Å². The fourth-order valence-electron chi connectivity index (χ4n) is 3.19. The Morgan fingerprint density at radius 1 is 1.00 bits per heavy atom. The summed E-state index contributed by atoms with van der Waals surface area (Å²) >= 11 is 0. The zero-order chi connectivity index (χ0) is 17.3. The number of anilines is 2. The summed E-state index contributed by atoms with van der Waals surface area (Å²) in [6.45, 7) is 8.36. The first kappa shape index (κ1) is 16.4. The fraction of sp³-hybridized carbons (Fsp3) is 0.350. The molecule has 1 aliphatic heterocycles. The highest BCUT2D eigenvalue weighted by Crippen LogP contribution is 2.28. The van der Waals surface area contributed by atoms with Gasteiger partial charge in [-0.15, -0.1) is 0 Å². The summed E-state index contributed by atoms with van der Waals surface area (Å²) in [4.78, 5) is 16.6. The Kier molecular flexibility index (Phi) is 4.47. The van der Waals surface area contributed by atoms with E-state index in [1.54, 1.807) is 4.90 Å². The van der Waals surface area contributed by atoms with Gasteiger partial charge in [0.25, 0.3) is 0 Å². The number of nitrogen functional groups attached to an aromatic ring is 1. The van der Waals surface area contributed by atoms with E-state index in [4.69, 9.17) is 5.73 Å². The lowest BCUT2D eigenvalue weighted by Crippen LogP contribution is -2.49. The first-order valence-electron chi connectivity index (χ1n) is 8.44. The molecular formula is C20H25N3O. The Bertz CT molecular complexity index is 769. The van der Waals surface area contributed by atoms with Gasteiger partial charge < -0.3 is 10.6 Å². The molecule has 0 spiro atoms. The van der Waals surface area contributed by atoms with Crippen molar-refractivity contribution in [3.05, 3.63) is 58.7 Å². The van der Waals surface area contributed by atoms with Gasteiger partial charge in [-0.25, -0.2) is 4.79 Å². The van der Waals surface area contributed by atoms with Crippen molar-refractivity contribution < 1.29 is 4.79 Å². The largest absolute Gasteiger partial charge is 0.397 e. The minimum absolute atomic E-state index is 0.0371. The van der Waals surface area contributed by atoms with E-state index in [1.807, 2.05) is 30.0 Å². The van der Waals surface area contributed by atoms with Gasteiger partial charge in [-0.05, 0) is 61.6 Å². The summed E-state index contributed by atoms with van der Waals surface area (Å²) in [5.41, 5.74) is 12.4. The van der Waals surface area contributed by atoms with Crippen LogP contribution in [-0.4, -0.2) is 24.0 Å². The molecule has 0 atom stereocenters. The fourth-order valence-corrected chi connectivity index (χ4v) is 3.19. The van der Waals surface area contributed by atoms with Crippen LogP contribution in [0.1, 0.15) is 28.7 Å². The van der Waals surface area contributed by atoms with Crippen LogP contribution in [0.25, 0.3) is 0 Å². The number of rotatable bonds is 3. The highest BCUT2D eigenvalue weighted by Gasteiger charge is 2.27. The van der Waals surface area contributed by atoms with Gasteiger partial charge in [-0.1, -0.05) is 24.3 Å². The molecule has 0 bridgehead atoms. The average Bonchev–Trinajstić information content (AvgIpc) is 2.54. The van der Waals surface area contributed by atoms with E-state index < -0.39 is 0 Å². The van der Waals surface area contributed by atoms with Crippen molar-refractivity contribution in [2.75, 3.05) is 23.7 Å². The lowest BCUT2D eigenvalue weighted by molar-refractivity contribution is 0.192. The highest BCUT2D eigenvalue weighted by atomic mass is 16.2. The number of benzene rings is 2. The average molecular weight is 323 g/mol. The van der Waals surface area contributed by atoms with Gasteiger partial charge in [0.1, 0.15) is 0 Å². The van der Waals surface area contributed by atoms with Crippen LogP contribution in [0.2, 0.25) is 0 Å². The Morgan fingerprint density at radius 2 is 1.79 bits per heavy atom. The van der Waals surface area contributed by atoms with Gasteiger partial charge in [-0.3, -0.25) is 4.90 Å². The summed E-state index contributed by atoms with van der Waals surface area (Å²) in [7, 11) is 0. The summed E-state index contributed by atoms with van der Waals surface area (Å²) in [5.74, 6) is 0. The van der Waals surface area contributed by atoms with Crippen LogP contribution >= 0.6 is 0 Å². The van der Waals surface area contributed by atoms with E-state index in [9.17, 15) is 4.79 Å². The lowest BCUT2D eigenvalue weighted by Gasteiger charge is -2.36. The smallest absolute Gasteiger partial charge is 0.324 e. The van der Waals surface area contributed by atoms with E-state index in [0.717, 1.165) is 30.8 Å². The number of aryl methyl sites for hydroxylation is 3. The maximum Gasteiger partial charge on any atom is 0.324 e. The summed E-state index contributed by atoms with van der Waals surface area (Å²) in [6, 6.07) is 12.3. The third-order valence-corrected chi connectivity index (χ3v) is 4.73. The van der Waals surface area contributed by atoms with Crippen molar-refractivity contribution in [2.45, 2.75) is 33.7 Å². The molecule has 3 rings (SSSR count). The normalized spacial score (nSPS) is 15.0. The molecule has 24 heavy (non-hydrogen) atoms. The molecule has 0 radical (unpaired) electrons. The van der Waals surface area contributed by atoms with Crippen LogP contribution in [0.5, 0.6) is 0 Å². The molecule has 2 aromatic carbocycles. The zero-order valence-electron chi connectivity index (χ0n) is 14.7. The van der Waals surface area contributed by atoms with Gasteiger partial charge in [0.15, 0.2) is 0 Å². The van der Waals surface area contributed by atoms with Crippen LogP contribution in [0.3, 0.4) is 0 Å². The third-order valence-electron chi connectivity index (χ3n) is 4.73. The molecule has 0 saturated carbocycles. The Labute approximate surface area is 143 Å². The standard InChI is InChI=1S/C20H25N3O/c1-14-5-8-19(18(21)11-14)23-10-4-9-22(20(23)24)13-17-7-6-15(2)16(3)12-17/h5-8,11-12H,4,9-10,13,21H2,1-3H3. The van der Waals surface area contributed by atoms with Crippen LogP contribution in [0, 0.1) is 20.8 Å². The van der Waals surface area contributed by atoms with Crippen molar-refractivity contribution in [1.82, 2.24) is 4.90 Å². The minimum Gasteiger partial charge on any atom is -0.397 e. The number of hydrogen-bond acceptors (Lipinski definition) is 2. The quantitative estimate of drug-likeness (QED) is 0.867. The maximum absolute atomic E-state index is 12.9. The molecule has 1 saturated heterocycles. The monoisotopic (exact) mass is 323 g/mol. The van der Waals surface area contributed by atoms with Crippen molar-refractivity contribution in [3.63, 3.8) is 0 Å². The van der Waals surface area contributed by atoms with Gasteiger partial charge in [-0.2, -0.15) is 0 Å². The molecule has 1 heterocycles. The first-order valence-corrected chi connectivity index (χ1v) is 8.44. The van der Waals surface area contributed by atoms with Crippen molar-refractivity contribution in [3.8, 4) is 0 Å². The second-order valence-corrected chi connectivity index (χ2v) is 6.69. The predicted octanol–water partition coefficient (Wildman–Crippen LogP) is 4.03. The molecule has 2 N–H and O–H groups in total. The second-order valence-electron chi connectivity index (χ2n) is 6.69. The molecule has 0 unspecified atom stereocenters. The molecular weight excluding hydrogens is 298 g/mol. The van der Waals surface area contributed by atoms with Crippen LogP contribution < -0.4 is 10.6 Å². The molecule has 2 amide bonds. The molecule has 126 valence electrons. The van der Waals surface area contributed by atoms with E-state index in [2.05, 4.69) is 32.0 Å². The van der Waals surface area contributed by atoms with Gasteiger partial charge in [0.05, 0.1) is 11.4 Å². The second kappa shape index (κ2) is 6.56. The Hall–Kier alpha value is -2.49. The molecule has 0 aliphatic carbocycles. The van der Waals surface area contributed by atoms with Crippen LogP contribution in [-0.2, 0) is 6.54 Å². The van der Waals surface area contributed by atoms with E-state index in [1.165, 1.54) is 16.7 Å². The SMILES string of the molecule is Cc1ccc(N2CCCN(Cc3ccc(C)c(C)c3)C2=O)c(N)c1. The Balaban J connectivity index is 1.80. The number of carbonyl (C=O) groups excluding carboxylic acids is 1. The summed E-state index contributed by atoms with van der Waals surface area (Å²) in [5, 5.41) is 0. The van der Waals surface area contributed by atoms with Crippen LogP contribution in [0.4, 0.5) is 16.2 Å². The number of amides is 2. The molecule has 0 aromatic heterocycles. The van der Waals surface area contributed by atoms with Gasteiger partial charge >= 0.3 is 6.03 Å². The topological polar surface area (TPSA) is 49.6 Å². The number of carbonyl (C=O) groups is 1. The summed E-state index contributed by atoms with van der Waals surface area (Å²) < 4.78 is 0. The molecule has 4 nitrogen and oxygen atoms in total. The number of nitrogens with zero attached hydrogens (tertiary/aromatic N) is 2. The summed E-state index contributed by atoms with van der Waals surface area (Å²) in [6.07, 6.45) is 0.948. The Morgan fingerprint density at radius 3 is 2.50 bits per heavy atom. The lowest BCUT2D eigenvalue weighted by atomic mass is 10.1. The van der Waals surface area contributed by atoms with Crippen molar-refractivity contribution in [1.29, 1.82) is 0 Å². The number of hydrogen-bond donors (Lipinski definition) is 1. The number of nitrogens with two attached hydrogens (primary N) is 1. The molecule has 2 aromatic rings. The van der Waals surface area contributed by atoms with Crippen molar-refractivity contribution >= 4 is 17.4 Å². The third kappa shape index (κ3) is 3.23. The maximum atomic E-state index is 12.9. The van der Waals surface area contributed by atoms with E-state index in [-0.39, 0.29) is 6.03 Å². The van der Waals surface area contributed by atoms with E-state index in [0.29, 0.717) is 12.2 Å². The zero-order valence-corrected chi connectivity index (χ0v) is 14.7. The number of urea groups is 1. The first-order chi connectivity index (χ1) is 11.5. The molecule has 1 fully saturated rings.